The van der Waals surface area contributed by atoms with Gasteiger partial charge in [0.25, 0.3) is 0 Å². The molecule has 5 heteroatoms. The normalized spacial score (nSPS) is 24.9. The largest absolute Gasteiger partial charge is 0.479 e. The van der Waals surface area contributed by atoms with E-state index in [4.69, 9.17) is 0 Å². The molecule has 2 aliphatic rings. The third-order valence-electron chi connectivity index (χ3n) is 3.93. The molecule has 1 aliphatic heterocycles. The molecule has 1 saturated heterocycles. The van der Waals surface area contributed by atoms with E-state index in [1.54, 1.807) is 4.90 Å². The van der Waals surface area contributed by atoms with Gasteiger partial charge >= 0.3 is 12.0 Å². The highest BCUT2D eigenvalue weighted by Crippen LogP contribution is 2.33. The predicted molar refractivity (Wildman–Crippen MR) is 62.8 cm³/mol. The number of hydrogen-bond acceptors (Lipinski definition) is 2. The number of carboxylic acids is 1. The average Bonchev–Trinajstić information content (AvgIpc) is 2.56. The fourth-order valence-electron chi connectivity index (χ4n) is 2.95. The number of carboxylic acid groups (broad SMARTS) is 1. The molecule has 2 amide bonds. The van der Waals surface area contributed by atoms with Crippen molar-refractivity contribution in [2.45, 2.75) is 50.5 Å². The lowest BCUT2D eigenvalue weighted by molar-refractivity contribution is -0.151. The fourth-order valence-corrected chi connectivity index (χ4v) is 2.95. The van der Waals surface area contributed by atoms with Crippen LogP contribution in [0.5, 0.6) is 0 Å². The maximum Gasteiger partial charge on any atom is 0.329 e. The minimum Gasteiger partial charge on any atom is -0.479 e. The van der Waals surface area contributed by atoms with Crippen LogP contribution in [0.25, 0.3) is 0 Å². The van der Waals surface area contributed by atoms with E-state index >= 15 is 0 Å². The maximum absolute atomic E-state index is 11.9. The summed E-state index contributed by atoms with van der Waals surface area (Å²) in [5.41, 5.74) is -0.957. The Kier molecular flexibility index (Phi) is 3.54. The zero-order valence-electron chi connectivity index (χ0n) is 10.1. The van der Waals surface area contributed by atoms with Crippen molar-refractivity contribution in [3.05, 3.63) is 0 Å². The fraction of sp³-hybridized carbons (Fsp3) is 0.833. The first-order valence-corrected chi connectivity index (χ1v) is 6.46. The summed E-state index contributed by atoms with van der Waals surface area (Å²) >= 11 is 0. The lowest BCUT2D eigenvalue weighted by Gasteiger charge is -2.42. The number of nitrogens with one attached hydrogen (secondary N) is 1. The van der Waals surface area contributed by atoms with Crippen LogP contribution >= 0.6 is 0 Å². The van der Waals surface area contributed by atoms with E-state index in [2.05, 4.69) is 5.32 Å². The van der Waals surface area contributed by atoms with Crippen molar-refractivity contribution in [3.63, 3.8) is 0 Å². The maximum atomic E-state index is 11.9. The third-order valence-corrected chi connectivity index (χ3v) is 3.93. The number of hydrogen-bond donors (Lipinski definition) is 2. The summed E-state index contributed by atoms with van der Waals surface area (Å²) in [6.45, 7) is 1.23. The highest BCUT2D eigenvalue weighted by molar-refractivity contribution is 5.86. The van der Waals surface area contributed by atoms with Gasteiger partial charge < -0.3 is 15.3 Å². The Morgan fingerprint density at radius 3 is 2.35 bits per heavy atom. The van der Waals surface area contributed by atoms with Gasteiger partial charge in [0.2, 0.25) is 0 Å². The molecule has 0 aromatic carbocycles. The van der Waals surface area contributed by atoms with Crippen LogP contribution < -0.4 is 5.32 Å². The van der Waals surface area contributed by atoms with Gasteiger partial charge in [0.1, 0.15) is 5.54 Å². The summed E-state index contributed by atoms with van der Waals surface area (Å²) in [5, 5.41) is 12.3. The molecule has 0 aromatic heterocycles. The number of carbonyl (C=O) groups excluding carboxylic acids is 1. The minimum absolute atomic E-state index is 0.208. The molecule has 0 bridgehead atoms. The van der Waals surface area contributed by atoms with E-state index in [1.165, 1.54) is 0 Å². The van der Waals surface area contributed by atoms with Crippen LogP contribution in [-0.4, -0.2) is 40.6 Å². The number of nitrogens with zero attached hydrogens (tertiary/aromatic N) is 1. The summed E-state index contributed by atoms with van der Waals surface area (Å²) in [7, 11) is 0. The van der Waals surface area contributed by atoms with Crippen molar-refractivity contribution < 1.29 is 14.7 Å². The van der Waals surface area contributed by atoms with Crippen LogP contribution in [0, 0.1) is 0 Å². The van der Waals surface area contributed by atoms with Gasteiger partial charge in [0.15, 0.2) is 0 Å². The number of aliphatic carboxylic acids is 1. The molecule has 96 valence electrons. The molecule has 1 heterocycles. The number of urea groups is 1. The molecule has 1 saturated carbocycles. The van der Waals surface area contributed by atoms with E-state index in [-0.39, 0.29) is 6.03 Å². The monoisotopic (exact) mass is 240 g/mol. The van der Waals surface area contributed by atoms with Gasteiger partial charge in [-0.15, -0.1) is 0 Å². The second kappa shape index (κ2) is 4.94. The van der Waals surface area contributed by atoms with Crippen LogP contribution in [0.2, 0.25) is 0 Å². The topological polar surface area (TPSA) is 69.6 Å². The summed E-state index contributed by atoms with van der Waals surface area (Å²) < 4.78 is 0. The summed E-state index contributed by atoms with van der Waals surface area (Å²) in [4.78, 5) is 25.1. The van der Waals surface area contributed by atoms with Gasteiger partial charge in [-0.05, 0) is 19.3 Å². The zero-order chi connectivity index (χ0) is 12.3. The number of rotatable bonds is 2. The average molecular weight is 240 g/mol. The first-order valence-electron chi connectivity index (χ1n) is 6.46. The molecular weight excluding hydrogens is 220 g/mol. The lowest BCUT2D eigenvalue weighted by Crippen LogP contribution is -2.62. The van der Waals surface area contributed by atoms with Gasteiger partial charge in [-0.25, -0.2) is 9.59 Å². The van der Waals surface area contributed by atoms with Crippen molar-refractivity contribution in [2.24, 2.45) is 0 Å². The molecule has 0 atom stereocenters. The van der Waals surface area contributed by atoms with Crippen LogP contribution in [0.4, 0.5) is 4.79 Å². The van der Waals surface area contributed by atoms with Crippen LogP contribution in [0.15, 0.2) is 0 Å². The van der Waals surface area contributed by atoms with Gasteiger partial charge in [-0.2, -0.15) is 0 Å². The molecule has 2 rings (SSSR count). The van der Waals surface area contributed by atoms with E-state index < -0.39 is 11.5 Å². The van der Waals surface area contributed by atoms with Gasteiger partial charge in [0.05, 0.1) is 0 Å². The van der Waals surface area contributed by atoms with Crippen molar-refractivity contribution >= 4 is 12.0 Å². The molecule has 17 heavy (non-hydrogen) atoms. The van der Waals surface area contributed by atoms with E-state index in [0.29, 0.717) is 25.9 Å². The Labute approximate surface area is 101 Å². The quantitative estimate of drug-likeness (QED) is 0.720. The van der Waals surface area contributed by atoms with E-state index in [0.717, 1.165) is 32.1 Å². The molecule has 5 nitrogen and oxygen atoms in total. The Balaban J connectivity index is 2.25. The predicted octanol–water partition coefficient (Wildman–Crippen LogP) is 1.58. The van der Waals surface area contributed by atoms with Crippen molar-refractivity contribution in [1.29, 1.82) is 0 Å². The lowest BCUT2D eigenvalue weighted by atomic mass is 9.87. The van der Waals surface area contributed by atoms with Gasteiger partial charge in [-0.1, -0.05) is 25.7 Å². The number of amides is 2. The van der Waals surface area contributed by atoms with Gasteiger partial charge in [0, 0.05) is 13.1 Å². The third kappa shape index (κ3) is 2.23. The van der Waals surface area contributed by atoms with Crippen LogP contribution in [0.1, 0.15) is 44.9 Å². The molecule has 0 unspecified atom stereocenters. The molecular formula is C12H20N2O3. The summed E-state index contributed by atoms with van der Waals surface area (Å²) in [5.74, 6) is -0.837. The Hall–Kier alpha value is -1.26. The summed E-state index contributed by atoms with van der Waals surface area (Å²) in [6.07, 6.45) is 5.97. The molecule has 0 spiro atoms. The highest BCUT2D eigenvalue weighted by atomic mass is 16.4. The second-order valence-corrected chi connectivity index (χ2v) is 4.99. The Morgan fingerprint density at radius 1 is 1.18 bits per heavy atom. The molecule has 1 aliphatic carbocycles. The minimum atomic E-state index is -0.957. The standard InChI is InChI=1S/C12H20N2O3/c15-10(16)12(6-3-1-2-4-7-12)14-9-5-8-13-11(14)17/h1-9H2,(H,13,17)(H,15,16). The second-order valence-electron chi connectivity index (χ2n) is 4.99. The van der Waals surface area contributed by atoms with Gasteiger partial charge in [-0.3, -0.25) is 0 Å². The zero-order valence-corrected chi connectivity index (χ0v) is 10.1. The first kappa shape index (κ1) is 12.2. The SMILES string of the molecule is O=C1NCCCN1C1(C(=O)O)CCCCCC1. The molecule has 0 aromatic rings. The first-order chi connectivity index (χ1) is 8.17. The smallest absolute Gasteiger partial charge is 0.329 e. The van der Waals surface area contributed by atoms with Crippen molar-refractivity contribution in [1.82, 2.24) is 10.2 Å². The molecule has 2 fully saturated rings. The van der Waals surface area contributed by atoms with Crippen LogP contribution in [0.3, 0.4) is 0 Å². The van der Waals surface area contributed by atoms with Crippen molar-refractivity contribution in [2.75, 3.05) is 13.1 Å². The molecule has 0 radical (unpaired) electrons. The molecule has 2 N–H and O–H groups in total. The number of carbonyl (C=O) groups is 2. The van der Waals surface area contributed by atoms with E-state index in [9.17, 15) is 14.7 Å². The Bertz CT molecular complexity index is 309. The van der Waals surface area contributed by atoms with E-state index in [1.807, 2.05) is 0 Å². The van der Waals surface area contributed by atoms with Crippen molar-refractivity contribution in [3.8, 4) is 0 Å². The summed E-state index contributed by atoms with van der Waals surface area (Å²) in [6, 6.07) is -0.208. The van der Waals surface area contributed by atoms with Crippen LogP contribution in [-0.2, 0) is 4.79 Å². The highest BCUT2D eigenvalue weighted by Gasteiger charge is 2.47. The Morgan fingerprint density at radius 2 is 1.82 bits per heavy atom.